The average Bonchev–Trinajstić information content (AvgIpc) is 2.79. The van der Waals surface area contributed by atoms with Gasteiger partial charge in [0.15, 0.2) is 0 Å². The van der Waals surface area contributed by atoms with Crippen molar-refractivity contribution in [2.24, 2.45) is 0 Å². The molecule has 0 aliphatic carbocycles. The van der Waals surface area contributed by atoms with Crippen LogP contribution >= 0.6 is 0 Å². The molecule has 2 aromatic rings. The van der Waals surface area contributed by atoms with Crippen molar-refractivity contribution in [1.82, 2.24) is 13.9 Å². The predicted octanol–water partition coefficient (Wildman–Crippen LogP) is 1.18. The maximum atomic E-state index is 12.8. The fourth-order valence-electron chi connectivity index (χ4n) is 3.39. The second-order valence-corrected chi connectivity index (χ2v) is 11.2. The molecule has 1 heterocycles. The summed E-state index contributed by atoms with van der Waals surface area (Å²) in [7, 11) is -4.17. The van der Waals surface area contributed by atoms with Crippen molar-refractivity contribution in [2.45, 2.75) is 16.7 Å². The van der Waals surface area contributed by atoms with Crippen molar-refractivity contribution < 1.29 is 26.4 Å². The van der Waals surface area contributed by atoms with Gasteiger partial charge in [-0.1, -0.05) is 6.92 Å². The monoisotopic (exact) mass is 496 g/mol. The number of anilines is 1. The lowest BCUT2D eigenvalue weighted by molar-refractivity contribution is 0.102. The summed E-state index contributed by atoms with van der Waals surface area (Å²) in [5.41, 5.74) is 0.491. The van der Waals surface area contributed by atoms with E-state index in [0.29, 0.717) is 31.9 Å². The molecule has 1 aliphatic heterocycles. The molecule has 1 aliphatic rings. The Labute approximate surface area is 194 Å². The van der Waals surface area contributed by atoms with Gasteiger partial charge in [0.2, 0.25) is 20.0 Å². The number of piperazine rings is 1. The Hall–Kier alpha value is -2.51. The van der Waals surface area contributed by atoms with E-state index in [9.17, 15) is 21.6 Å². The van der Waals surface area contributed by atoms with Gasteiger partial charge < -0.3 is 15.0 Å². The summed E-state index contributed by atoms with van der Waals surface area (Å²) in [6, 6.07) is 9.98. The number of sulfonamides is 2. The van der Waals surface area contributed by atoms with Gasteiger partial charge >= 0.3 is 0 Å². The highest BCUT2D eigenvalue weighted by Crippen LogP contribution is 2.26. The number of likely N-dealkylation sites (N-methyl/N-ethyl adjacent to an activating group) is 1. The van der Waals surface area contributed by atoms with Crippen LogP contribution < -0.4 is 14.8 Å². The molecule has 3 rings (SSSR count). The molecule has 0 spiro atoms. The number of hydrogen-bond donors (Lipinski definition) is 2. The van der Waals surface area contributed by atoms with Crippen LogP contribution in [0.15, 0.2) is 52.3 Å². The normalized spacial score (nSPS) is 15.8. The van der Waals surface area contributed by atoms with E-state index in [2.05, 4.69) is 14.9 Å². The molecule has 0 atom stereocenters. The van der Waals surface area contributed by atoms with Crippen molar-refractivity contribution in [3.8, 4) is 5.75 Å². The highest BCUT2D eigenvalue weighted by atomic mass is 32.2. The van der Waals surface area contributed by atoms with Gasteiger partial charge in [-0.2, -0.15) is 4.31 Å². The molecular formula is C21H28N4O6S2. The van der Waals surface area contributed by atoms with Crippen LogP contribution in [0.5, 0.6) is 5.75 Å². The summed E-state index contributed by atoms with van der Waals surface area (Å²) < 4.78 is 59.5. The Bertz CT molecular complexity index is 1210. The third kappa shape index (κ3) is 5.71. The van der Waals surface area contributed by atoms with E-state index >= 15 is 0 Å². The van der Waals surface area contributed by atoms with E-state index in [1.54, 1.807) is 6.92 Å². The molecule has 2 aromatic carbocycles. The minimum Gasteiger partial charge on any atom is -0.495 e. The minimum absolute atomic E-state index is 0.112. The molecule has 0 bridgehead atoms. The highest BCUT2D eigenvalue weighted by molar-refractivity contribution is 7.89. The smallest absolute Gasteiger partial charge is 0.255 e. The van der Waals surface area contributed by atoms with Gasteiger partial charge in [0.05, 0.1) is 12.0 Å². The lowest BCUT2D eigenvalue weighted by Gasteiger charge is -2.31. The highest BCUT2D eigenvalue weighted by Gasteiger charge is 2.27. The molecule has 2 N–H and O–H groups in total. The quantitative estimate of drug-likeness (QED) is 0.562. The molecule has 12 heteroatoms. The number of nitrogens with one attached hydrogen (secondary N) is 2. The first-order valence-electron chi connectivity index (χ1n) is 10.4. The first kappa shape index (κ1) is 25.1. The number of carbonyl (C=O) groups excluding carboxylic acids is 1. The molecule has 0 aromatic heterocycles. The van der Waals surface area contributed by atoms with Crippen LogP contribution in [0.1, 0.15) is 17.3 Å². The predicted molar refractivity (Wildman–Crippen MR) is 125 cm³/mol. The largest absolute Gasteiger partial charge is 0.495 e. The van der Waals surface area contributed by atoms with Gasteiger partial charge in [0.1, 0.15) is 10.6 Å². The molecule has 10 nitrogen and oxygen atoms in total. The number of hydrogen-bond acceptors (Lipinski definition) is 7. The van der Waals surface area contributed by atoms with E-state index in [1.165, 1.54) is 53.9 Å². The van der Waals surface area contributed by atoms with Crippen molar-refractivity contribution in [3.63, 3.8) is 0 Å². The van der Waals surface area contributed by atoms with Gasteiger partial charge in [-0.15, -0.1) is 0 Å². The molecule has 180 valence electrons. The Balaban J connectivity index is 1.77. The maximum Gasteiger partial charge on any atom is 0.255 e. The Morgan fingerprint density at radius 1 is 1.00 bits per heavy atom. The second-order valence-electron chi connectivity index (χ2n) is 7.55. The maximum absolute atomic E-state index is 12.8. The molecule has 1 saturated heterocycles. The van der Waals surface area contributed by atoms with Crippen LogP contribution in [0.3, 0.4) is 0 Å². The molecule has 1 fully saturated rings. The Morgan fingerprint density at radius 2 is 1.64 bits per heavy atom. The number of ether oxygens (including phenoxy) is 1. The van der Waals surface area contributed by atoms with Crippen LogP contribution in [0.2, 0.25) is 0 Å². The number of methoxy groups -OCH3 is 1. The van der Waals surface area contributed by atoms with E-state index < -0.39 is 26.0 Å². The first-order chi connectivity index (χ1) is 15.6. The average molecular weight is 497 g/mol. The Morgan fingerprint density at radius 3 is 2.21 bits per heavy atom. The molecule has 0 saturated carbocycles. The van der Waals surface area contributed by atoms with Crippen molar-refractivity contribution in [1.29, 1.82) is 0 Å². The third-order valence-corrected chi connectivity index (χ3v) is 8.74. The molecule has 1 amide bonds. The van der Waals surface area contributed by atoms with Gasteiger partial charge in [0.25, 0.3) is 5.91 Å². The van der Waals surface area contributed by atoms with Crippen LogP contribution in [0.4, 0.5) is 5.69 Å². The number of carbonyl (C=O) groups is 1. The zero-order valence-electron chi connectivity index (χ0n) is 18.7. The number of rotatable bonds is 8. The van der Waals surface area contributed by atoms with Gasteiger partial charge in [-0.25, -0.2) is 21.6 Å². The van der Waals surface area contributed by atoms with Crippen molar-refractivity contribution in [3.05, 3.63) is 48.0 Å². The SMILES string of the molecule is CCNS(=O)(=O)c1cc(C(=O)Nc2ccc(S(=O)(=O)N3CCN(C)CC3)cc2)ccc1OC. The second kappa shape index (κ2) is 10.2. The van der Waals surface area contributed by atoms with E-state index in [4.69, 9.17) is 4.74 Å². The van der Waals surface area contributed by atoms with Crippen LogP contribution in [0, 0.1) is 0 Å². The van der Waals surface area contributed by atoms with Crippen LogP contribution in [-0.2, 0) is 20.0 Å². The van der Waals surface area contributed by atoms with Gasteiger partial charge in [-0.05, 0) is 49.5 Å². The van der Waals surface area contributed by atoms with Crippen molar-refractivity contribution in [2.75, 3.05) is 52.2 Å². The lowest BCUT2D eigenvalue weighted by Crippen LogP contribution is -2.46. The van der Waals surface area contributed by atoms with E-state index in [1.807, 2.05) is 7.05 Å². The fraction of sp³-hybridized carbons (Fsp3) is 0.381. The standard InChI is InChI=1S/C21H28N4O6S2/c1-4-22-32(27,28)20-15-16(5-10-19(20)31-3)21(26)23-17-6-8-18(9-7-17)33(29,30)25-13-11-24(2)12-14-25/h5-10,15,22H,4,11-14H2,1-3H3,(H,23,26). The van der Waals surface area contributed by atoms with Gasteiger partial charge in [0, 0.05) is 44.0 Å². The number of benzene rings is 2. The summed E-state index contributed by atoms with van der Waals surface area (Å²) in [5.74, 6) is -0.425. The summed E-state index contributed by atoms with van der Waals surface area (Å²) >= 11 is 0. The van der Waals surface area contributed by atoms with Crippen LogP contribution in [-0.4, -0.2) is 78.8 Å². The van der Waals surface area contributed by atoms with E-state index in [-0.39, 0.29) is 27.6 Å². The zero-order valence-corrected chi connectivity index (χ0v) is 20.4. The minimum atomic E-state index is -3.85. The number of nitrogens with zero attached hydrogens (tertiary/aromatic N) is 2. The first-order valence-corrected chi connectivity index (χ1v) is 13.3. The molecule has 0 unspecified atom stereocenters. The summed E-state index contributed by atoms with van der Waals surface area (Å²) in [6.45, 7) is 4.01. The van der Waals surface area contributed by atoms with Crippen molar-refractivity contribution >= 4 is 31.6 Å². The molecular weight excluding hydrogens is 468 g/mol. The molecule has 0 radical (unpaired) electrons. The summed E-state index contributed by atoms with van der Waals surface area (Å²) in [4.78, 5) is 14.8. The molecule has 33 heavy (non-hydrogen) atoms. The Kier molecular flexibility index (Phi) is 7.75. The number of amides is 1. The summed E-state index contributed by atoms with van der Waals surface area (Å²) in [6.07, 6.45) is 0. The van der Waals surface area contributed by atoms with E-state index in [0.717, 1.165) is 0 Å². The van der Waals surface area contributed by atoms with Crippen LogP contribution in [0.25, 0.3) is 0 Å². The topological polar surface area (TPSA) is 125 Å². The zero-order chi connectivity index (χ0) is 24.2. The lowest BCUT2D eigenvalue weighted by atomic mass is 10.2. The summed E-state index contributed by atoms with van der Waals surface area (Å²) in [5, 5.41) is 2.66. The van der Waals surface area contributed by atoms with Gasteiger partial charge in [-0.3, -0.25) is 4.79 Å². The fourth-order valence-corrected chi connectivity index (χ4v) is 6.04. The third-order valence-electron chi connectivity index (χ3n) is 5.26.